The third-order valence-electron chi connectivity index (χ3n) is 5.37. The van der Waals surface area contributed by atoms with Crippen molar-refractivity contribution in [2.24, 2.45) is 0 Å². The van der Waals surface area contributed by atoms with E-state index in [0.717, 1.165) is 21.7 Å². The summed E-state index contributed by atoms with van der Waals surface area (Å²) < 4.78 is 26.5. The highest BCUT2D eigenvalue weighted by Crippen LogP contribution is 2.27. The zero-order valence-electron chi connectivity index (χ0n) is 20.6. The molecule has 2 aromatic rings. The van der Waals surface area contributed by atoms with Crippen molar-refractivity contribution in [3.8, 4) is 0 Å². The average molecular weight is 508 g/mol. The maximum Gasteiger partial charge on any atom is 0.244 e. The summed E-state index contributed by atoms with van der Waals surface area (Å²) in [5, 5.41) is 3.24. The van der Waals surface area contributed by atoms with Crippen molar-refractivity contribution in [3.63, 3.8) is 0 Å². The number of carbonyl (C=O) groups excluding carboxylic acids is 2. The lowest BCUT2D eigenvalue weighted by molar-refractivity contribution is -0.140. The largest absolute Gasteiger partial charge is 0.352 e. The van der Waals surface area contributed by atoms with Crippen molar-refractivity contribution >= 4 is 39.1 Å². The zero-order valence-corrected chi connectivity index (χ0v) is 22.2. The Bertz CT molecular complexity index is 1130. The fourth-order valence-electron chi connectivity index (χ4n) is 3.75. The summed E-state index contributed by atoms with van der Waals surface area (Å²) in [7, 11) is -3.81. The lowest BCUT2D eigenvalue weighted by Gasteiger charge is -2.33. The van der Waals surface area contributed by atoms with E-state index in [1.54, 1.807) is 19.1 Å². The molecule has 0 saturated carbocycles. The predicted molar refractivity (Wildman–Crippen MR) is 137 cm³/mol. The molecule has 2 rings (SSSR count). The van der Waals surface area contributed by atoms with Crippen LogP contribution in [0, 0.1) is 13.8 Å². The average Bonchev–Trinajstić information content (AvgIpc) is 2.72. The van der Waals surface area contributed by atoms with Gasteiger partial charge in [0, 0.05) is 17.6 Å². The minimum absolute atomic E-state index is 0.0981. The Balaban J connectivity index is 2.49. The third-order valence-corrected chi connectivity index (χ3v) is 6.73. The topological polar surface area (TPSA) is 86.8 Å². The highest BCUT2D eigenvalue weighted by Gasteiger charge is 2.32. The zero-order chi connectivity index (χ0) is 25.6. The second-order valence-corrected chi connectivity index (χ2v) is 11.1. The van der Waals surface area contributed by atoms with Crippen LogP contribution in [0.5, 0.6) is 0 Å². The van der Waals surface area contributed by atoms with E-state index >= 15 is 0 Å². The molecule has 0 spiro atoms. The van der Waals surface area contributed by atoms with Crippen LogP contribution in [0.3, 0.4) is 0 Å². The number of hydrogen-bond donors (Lipinski definition) is 1. The molecule has 7 nitrogen and oxygen atoms in total. The number of rotatable bonds is 10. The molecular formula is C25H34ClN3O4S. The molecule has 0 bridgehead atoms. The molecule has 1 unspecified atom stereocenters. The second-order valence-electron chi connectivity index (χ2n) is 8.80. The summed E-state index contributed by atoms with van der Waals surface area (Å²) in [6.45, 7) is 8.97. The van der Waals surface area contributed by atoms with Crippen molar-refractivity contribution in [1.82, 2.24) is 10.2 Å². The van der Waals surface area contributed by atoms with E-state index < -0.39 is 28.5 Å². The fraction of sp³-hybridized carbons (Fsp3) is 0.440. The summed E-state index contributed by atoms with van der Waals surface area (Å²) in [6, 6.07) is 11.7. The third kappa shape index (κ3) is 7.46. The number of anilines is 1. The fourth-order valence-corrected chi connectivity index (χ4v) is 4.82. The number of carbonyl (C=O) groups is 2. The van der Waals surface area contributed by atoms with Crippen LogP contribution in [-0.4, -0.2) is 50.0 Å². The van der Waals surface area contributed by atoms with Crippen molar-refractivity contribution in [1.29, 1.82) is 0 Å². The van der Waals surface area contributed by atoms with Crippen LogP contribution >= 0.6 is 11.6 Å². The Morgan fingerprint density at radius 1 is 1.09 bits per heavy atom. The number of halogens is 1. The van der Waals surface area contributed by atoms with Crippen molar-refractivity contribution in [2.45, 2.75) is 59.7 Å². The van der Waals surface area contributed by atoms with Crippen LogP contribution in [0.4, 0.5) is 5.69 Å². The molecule has 0 saturated heterocycles. The summed E-state index contributed by atoms with van der Waals surface area (Å²) in [4.78, 5) is 28.1. The summed E-state index contributed by atoms with van der Waals surface area (Å²) >= 11 is 6.13. The van der Waals surface area contributed by atoms with Gasteiger partial charge < -0.3 is 10.2 Å². The quantitative estimate of drug-likeness (QED) is 0.525. The summed E-state index contributed by atoms with van der Waals surface area (Å²) in [5.41, 5.74) is 2.88. The van der Waals surface area contributed by atoms with E-state index in [2.05, 4.69) is 5.32 Å². The SMILES string of the molecule is CCC(C(=O)NC(C)C)N(Cc1cccc(C)c1)C(=O)CN(c1cc(Cl)ccc1C)S(C)(=O)=O. The van der Waals surface area contributed by atoms with Gasteiger partial charge in [-0.15, -0.1) is 0 Å². The lowest BCUT2D eigenvalue weighted by Crippen LogP contribution is -2.53. The number of nitrogens with one attached hydrogen (secondary N) is 1. The number of aryl methyl sites for hydroxylation is 2. The minimum atomic E-state index is -3.81. The van der Waals surface area contributed by atoms with Crippen molar-refractivity contribution in [3.05, 3.63) is 64.2 Å². The molecule has 0 aliphatic carbocycles. The summed E-state index contributed by atoms with van der Waals surface area (Å²) in [6.07, 6.45) is 1.43. The molecule has 9 heteroatoms. The molecule has 2 aromatic carbocycles. The smallest absolute Gasteiger partial charge is 0.244 e. The molecule has 0 aromatic heterocycles. The van der Waals surface area contributed by atoms with Gasteiger partial charge in [0.05, 0.1) is 11.9 Å². The number of hydrogen-bond acceptors (Lipinski definition) is 4. The molecule has 1 N–H and O–H groups in total. The van der Waals surface area contributed by atoms with Gasteiger partial charge in [-0.1, -0.05) is 54.4 Å². The van der Waals surface area contributed by atoms with Gasteiger partial charge in [-0.2, -0.15) is 0 Å². The van der Waals surface area contributed by atoms with E-state index in [1.165, 1.54) is 11.0 Å². The van der Waals surface area contributed by atoms with Gasteiger partial charge in [-0.3, -0.25) is 13.9 Å². The Morgan fingerprint density at radius 3 is 2.32 bits per heavy atom. The molecule has 0 aliphatic rings. The van der Waals surface area contributed by atoms with E-state index in [1.807, 2.05) is 52.0 Å². The van der Waals surface area contributed by atoms with Crippen LogP contribution < -0.4 is 9.62 Å². The molecule has 2 amide bonds. The van der Waals surface area contributed by atoms with Crippen LogP contribution in [0.2, 0.25) is 5.02 Å². The molecule has 0 heterocycles. The molecule has 0 fully saturated rings. The monoisotopic (exact) mass is 507 g/mol. The molecule has 1 atom stereocenters. The predicted octanol–water partition coefficient (Wildman–Crippen LogP) is 4.05. The normalized spacial score (nSPS) is 12.4. The van der Waals surface area contributed by atoms with E-state index in [-0.39, 0.29) is 18.5 Å². The highest BCUT2D eigenvalue weighted by atomic mass is 35.5. The first kappa shape index (κ1) is 27.7. The number of nitrogens with zero attached hydrogens (tertiary/aromatic N) is 2. The van der Waals surface area contributed by atoms with Crippen molar-refractivity contribution in [2.75, 3.05) is 17.1 Å². The maximum absolute atomic E-state index is 13.7. The molecule has 0 radical (unpaired) electrons. The second kappa shape index (κ2) is 11.7. The first-order valence-electron chi connectivity index (χ1n) is 11.2. The Morgan fingerprint density at radius 2 is 1.76 bits per heavy atom. The van der Waals surface area contributed by atoms with Gasteiger partial charge in [0.1, 0.15) is 12.6 Å². The van der Waals surface area contributed by atoms with E-state index in [0.29, 0.717) is 22.7 Å². The minimum Gasteiger partial charge on any atom is -0.352 e. The Kier molecular flexibility index (Phi) is 9.53. The standard InChI is InChI=1S/C25H34ClN3O4S/c1-7-22(25(31)27-17(2)3)28(15-20-10-8-9-18(4)13-20)24(30)16-29(34(6,32)33)23-14-21(26)12-11-19(23)5/h8-14,17,22H,7,15-16H2,1-6H3,(H,27,31). The van der Waals surface area contributed by atoms with E-state index in [4.69, 9.17) is 11.6 Å². The number of benzene rings is 2. The van der Waals surface area contributed by atoms with Crippen LogP contribution in [0.1, 0.15) is 43.9 Å². The van der Waals surface area contributed by atoms with Crippen LogP contribution in [0.25, 0.3) is 0 Å². The molecule has 34 heavy (non-hydrogen) atoms. The highest BCUT2D eigenvalue weighted by molar-refractivity contribution is 7.92. The Hall–Kier alpha value is -2.58. The molecule has 186 valence electrons. The number of amides is 2. The van der Waals surface area contributed by atoms with Gasteiger partial charge in [0.15, 0.2) is 0 Å². The van der Waals surface area contributed by atoms with Gasteiger partial charge in [-0.25, -0.2) is 8.42 Å². The van der Waals surface area contributed by atoms with Gasteiger partial charge >= 0.3 is 0 Å². The molecule has 0 aliphatic heterocycles. The van der Waals surface area contributed by atoms with E-state index in [9.17, 15) is 18.0 Å². The summed E-state index contributed by atoms with van der Waals surface area (Å²) in [5.74, 6) is -0.750. The molecular weight excluding hydrogens is 474 g/mol. The number of sulfonamides is 1. The lowest BCUT2D eigenvalue weighted by atomic mass is 10.1. The van der Waals surface area contributed by atoms with Crippen LogP contribution in [-0.2, 0) is 26.2 Å². The van der Waals surface area contributed by atoms with Gasteiger partial charge in [0.2, 0.25) is 21.8 Å². The maximum atomic E-state index is 13.7. The Labute approximate surface area is 208 Å². The first-order chi connectivity index (χ1) is 15.8. The van der Waals surface area contributed by atoms with Crippen LogP contribution in [0.15, 0.2) is 42.5 Å². The van der Waals surface area contributed by atoms with Gasteiger partial charge in [-0.05, 0) is 57.4 Å². The first-order valence-corrected chi connectivity index (χ1v) is 13.4. The van der Waals surface area contributed by atoms with Crippen molar-refractivity contribution < 1.29 is 18.0 Å². The van der Waals surface area contributed by atoms with Gasteiger partial charge in [0.25, 0.3) is 0 Å².